The van der Waals surface area contributed by atoms with Gasteiger partial charge in [-0.1, -0.05) is 6.07 Å². The number of hydrogen-bond acceptors (Lipinski definition) is 5. The van der Waals surface area contributed by atoms with Gasteiger partial charge in [-0.3, -0.25) is 4.79 Å². The van der Waals surface area contributed by atoms with Crippen molar-refractivity contribution in [2.24, 2.45) is 0 Å². The molecule has 1 heterocycles. The summed E-state index contributed by atoms with van der Waals surface area (Å²) in [5, 5.41) is 13.3. The van der Waals surface area contributed by atoms with E-state index in [0.29, 0.717) is 5.89 Å². The van der Waals surface area contributed by atoms with E-state index in [0.717, 1.165) is 16.8 Å². The molecule has 0 saturated heterocycles. The van der Waals surface area contributed by atoms with E-state index in [2.05, 4.69) is 20.8 Å². The molecule has 0 fully saturated rings. The van der Waals surface area contributed by atoms with Crippen LogP contribution in [0.1, 0.15) is 12.5 Å². The van der Waals surface area contributed by atoms with E-state index >= 15 is 0 Å². The van der Waals surface area contributed by atoms with Crippen LogP contribution < -0.4 is 10.6 Å². The van der Waals surface area contributed by atoms with Crippen molar-refractivity contribution in [3.05, 3.63) is 30.2 Å². The second kappa shape index (κ2) is 5.62. The molecule has 0 aliphatic heterocycles. The molecule has 2 aromatic rings. The fourth-order valence-corrected chi connectivity index (χ4v) is 1.56. The first-order valence-corrected chi connectivity index (χ1v) is 5.97. The molecule has 1 amide bonds. The number of carbonyl (C=O) groups is 1. The Morgan fingerprint density at radius 1 is 1.42 bits per heavy atom. The highest BCUT2D eigenvalue weighted by molar-refractivity contribution is 5.95. The van der Waals surface area contributed by atoms with Crippen LogP contribution in [0.25, 0.3) is 11.5 Å². The number of likely N-dealkylation sites (N-methyl/N-ethyl adjacent to an activating group) is 1. The van der Waals surface area contributed by atoms with Crippen LogP contribution in [0, 0.1) is 6.92 Å². The average Bonchev–Trinajstić information content (AvgIpc) is 2.94. The van der Waals surface area contributed by atoms with Crippen molar-refractivity contribution in [3.8, 4) is 11.5 Å². The van der Waals surface area contributed by atoms with Gasteiger partial charge in [-0.05, 0) is 38.6 Å². The second-order valence-corrected chi connectivity index (χ2v) is 4.27. The van der Waals surface area contributed by atoms with Gasteiger partial charge in [0.15, 0.2) is 0 Å². The first kappa shape index (κ1) is 13.2. The van der Waals surface area contributed by atoms with Crippen LogP contribution in [0.3, 0.4) is 0 Å². The molecule has 0 aliphatic rings. The summed E-state index contributed by atoms with van der Waals surface area (Å²) in [5.41, 5.74) is 2.48. The van der Waals surface area contributed by atoms with Crippen LogP contribution in [0.2, 0.25) is 0 Å². The molecule has 1 unspecified atom stereocenters. The Hall–Kier alpha value is -2.21. The SMILES string of the molecule is CNC(C)C(=O)Nc1cc(-c2nnco2)ccc1C. The minimum atomic E-state index is -0.258. The molecule has 2 rings (SSSR count). The molecule has 0 radical (unpaired) electrons. The van der Waals surface area contributed by atoms with Gasteiger partial charge in [0.05, 0.1) is 6.04 Å². The maximum atomic E-state index is 11.9. The van der Waals surface area contributed by atoms with Gasteiger partial charge in [0.1, 0.15) is 0 Å². The van der Waals surface area contributed by atoms with Gasteiger partial charge in [0.2, 0.25) is 18.2 Å². The molecular weight excluding hydrogens is 244 g/mol. The van der Waals surface area contributed by atoms with E-state index in [1.807, 2.05) is 25.1 Å². The fourth-order valence-electron chi connectivity index (χ4n) is 1.56. The Labute approximate surface area is 111 Å². The van der Waals surface area contributed by atoms with E-state index in [9.17, 15) is 4.79 Å². The van der Waals surface area contributed by atoms with Crippen LogP contribution in [-0.2, 0) is 4.79 Å². The number of rotatable bonds is 4. The van der Waals surface area contributed by atoms with Crippen molar-refractivity contribution in [3.63, 3.8) is 0 Å². The van der Waals surface area contributed by atoms with Gasteiger partial charge in [-0.15, -0.1) is 10.2 Å². The zero-order valence-electron chi connectivity index (χ0n) is 11.1. The van der Waals surface area contributed by atoms with Crippen molar-refractivity contribution >= 4 is 11.6 Å². The highest BCUT2D eigenvalue weighted by Crippen LogP contribution is 2.23. The maximum absolute atomic E-state index is 11.9. The number of benzene rings is 1. The highest BCUT2D eigenvalue weighted by atomic mass is 16.4. The lowest BCUT2D eigenvalue weighted by Crippen LogP contribution is -2.35. The Bertz CT molecular complexity index is 566. The largest absolute Gasteiger partial charge is 0.423 e. The minimum Gasteiger partial charge on any atom is -0.423 e. The standard InChI is InChI=1S/C13H16N4O2/c1-8-4-5-10(13-17-15-7-19-13)6-11(8)16-12(18)9(2)14-3/h4-7,9,14H,1-3H3,(H,16,18). The number of nitrogens with one attached hydrogen (secondary N) is 2. The number of anilines is 1. The van der Waals surface area contributed by atoms with Gasteiger partial charge < -0.3 is 15.1 Å². The lowest BCUT2D eigenvalue weighted by atomic mass is 10.1. The third-order valence-electron chi connectivity index (χ3n) is 2.93. The van der Waals surface area contributed by atoms with Crippen LogP contribution >= 0.6 is 0 Å². The van der Waals surface area contributed by atoms with E-state index in [1.165, 1.54) is 6.39 Å². The molecule has 6 nitrogen and oxygen atoms in total. The smallest absolute Gasteiger partial charge is 0.247 e. The van der Waals surface area contributed by atoms with Crippen LogP contribution in [0.4, 0.5) is 5.69 Å². The molecule has 100 valence electrons. The van der Waals surface area contributed by atoms with E-state index in [4.69, 9.17) is 4.42 Å². The summed E-state index contributed by atoms with van der Waals surface area (Å²) in [6, 6.07) is 5.34. The number of nitrogens with zero attached hydrogens (tertiary/aromatic N) is 2. The van der Waals surface area contributed by atoms with Crippen LogP contribution in [0.15, 0.2) is 29.0 Å². The predicted octanol–water partition coefficient (Wildman–Crippen LogP) is 1.59. The summed E-state index contributed by atoms with van der Waals surface area (Å²) in [5.74, 6) is 0.338. The summed E-state index contributed by atoms with van der Waals surface area (Å²) >= 11 is 0. The molecule has 19 heavy (non-hydrogen) atoms. The fraction of sp³-hybridized carbons (Fsp3) is 0.308. The molecule has 1 atom stereocenters. The monoisotopic (exact) mass is 260 g/mol. The number of hydrogen-bond donors (Lipinski definition) is 2. The molecule has 1 aromatic carbocycles. The molecule has 0 saturated carbocycles. The number of aromatic nitrogens is 2. The Morgan fingerprint density at radius 2 is 2.21 bits per heavy atom. The second-order valence-electron chi connectivity index (χ2n) is 4.27. The maximum Gasteiger partial charge on any atom is 0.247 e. The van der Waals surface area contributed by atoms with E-state index < -0.39 is 0 Å². The van der Waals surface area contributed by atoms with Crippen LogP contribution in [0.5, 0.6) is 0 Å². The Morgan fingerprint density at radius 3 is 2.84 bits per heavy atom. The molecular formula is C13H16N4O2. The Balaban J connectivity index is 2.25. The molecule has 6 heteroatoms. The summed E-state index contributed by atoms with van der Waals surface area (Å²) in [7, 11) is 1.74. The zero-order chi connectivity index (χ0) is 13.8. The third kappa shape index (κ3) is 2.97. The molecule has 1 aromatic heterocycles. The van der Waals surface area contributed by atoms with Crippen molar-refractivity contribution in [2.45, 2.75) is 19.9 Å². The number of carbonyl (C=O) groups excluding carboxylic acids is 1. The quantitative estimate of drug-likeness (QED) is 0.872. The molecule has 2 N–H and O–H groups in total. The summed E-state index contributed by atoms with van der Waals surface area (Å²) < 4.78 is 5.14. The number of amides is 1. The van der Waals surface area contributed by atoms with Crippen molar-refractivity contribution in [1.82, 2.24) is 15.5 Å². The minimum absolute atomic E-state index is 0.0896. The number of aryl methyl sites for hydroxylation is 1. The lowest BCUT2D eigenvalue weighted by molar-refractivity contribution is -0.117. The van der Waals surface area contributed by atoms with Gasteiger partial charge in [0, 0.05) is 11.3 Å². The van der Waals surface area contributed by atoms with Crippen molar-refractivity contribution in [1.29, 1.82) is 0 Å². The zero-order valence-corrected chi connectivity index (χ0v) is 11.1. The summed E-state index contributed by atoms with van der Waals surface area (Å²) in [6.07, 6.45) is 1.27. The molecule has 0 aliphatic carbocycles. The van der Waals surface area contributed by atoms with Gasteiger partial charge in [0.25, 0.3) is 0 Å². The van der Waals surface area contributed by atoms with Crippen molar-refractivity contribution in [2.75, 3.05) is 12.4 Å². The molecule has 0 bridgehead atoms. The van der Waals surface area contributed by atoms with Crippen molar-refractivity contribution < 1.29 is 9.21 Å². The van der Waals surface area contributed by atoms with Gasteiger partial charge >= 0.3 is 0 Å². The van der Waals surface area contributed by atoms with Crippen LogP contribution in [-0.4, -0.2) is 29.2 Å². The molecule has 0 spiro atoms. The average molecular weight is 260 g/mol. The highest BCUT2D eigenvalue weighted by Gasteiger charge is 2.13. The Kier molecular flexibility index (Phi) is 3.91. The first-order chi connectivity index (χ1) is 9.11. The first-order valence-electron chi connectivity index (χ1n) is 5.97. The van der Waals surface area contributed by atoms with E-state index in [1.54, 1.807) is 14.0 Å². The summed E-state index contributed by atoms with van der Waals surface area (Å²) in [6.45, 7) is 3.73. The third-order valence-corrected chi connectivity index (χ3v) is 2.93. The lowest BCUT2D eigenvalue weighted by Gasteiger charge is -2.13. The van der Waals surface area contributed by atoms with Gasteiger partial charge in [-0.2, -0.15) is 0 Å². The predicted molar refractivity (Wildman–Crippen MR) is 71.6 cm³/mol. The normalized spacial score (nSPS) is 12.2. The topological polar surface area (TPSA) is 80.0 Å². The van der Waals surface area contributed by atoms with Gasteiger partial charge in [-0.25, -0.2) is 0 Å². The summed E-state index contributed by atoms with van der Waals surface area (Å²) in [4.78, 5) is 11.9. The van der Waals surface area contributed by atoms with E-state index in [-0.39, 0.29) is 11.9 Å².